The number of hydrogen-bond acceptors (Lipinski definition) is 4. The van der Waals surface area contributed by atoms with Crippen molar-refractivity contribution < 1.29 is 4.74 Å². The second-order valence-electron chi connectivity index (χ2n) is 7.08. The first kappa shape index (κ1) is 18.9. The summed E-state index contributed by atoms with van der Waals surface area (Å²) in [7, 11) is 1.72. The average molecular weight is 372 g/mol. The zero-order valence-electron chi connectivity index (χ0n) is 16.3. The van der Waals surface area contributed by atoms with Crippen molar-refractivity contribution in [1.29, 1.82) is 0 Å². The van der Waals surface area contributed by atoms with Crippen LogP contribution in [0.3, 0.4) is 0 Å². The van der Waals surface area contributed by atoms with Crippen LogP contribution in [0.1, 0.15) is 53.9 Å². The summed E-state index contributed by atoms with van der Waals surface area (Å²) in [5.41, 5.74) is 4.64. The Hall–Kier alpha value is -1.88. The zero-order valence-corrected chi connectivity index (χ0v) is 17.1. The normalized spacial score (nSPS) is 16.2. The van der Waals surface area contributed by atoms with E-state index in [0.29, 0.717) is 5.92 Å². The number of hydrogen-bond donors (Lipinski definition) is 0. The van der Waals surface area contributed by atoms with E-state index < -0.39 is 0 Å². The van der Waals surface area contributed by atoms with Gasteiger partial charge in [0.15, 0.2) is 0 Å². The lowest BCUT2D eigenvalue weighted by Gasteiger charge is -2.32. The number of aliphatic imine (C=N–C) groups is 1. The third kappa shape index (κ3) is 4.44. The van der Waals surface area contributed by atoms with E-state index in [9.17, 15) is 0 Å². The summed E-state index contributed by atoms with van der Waals surface area (Å²) in [6, 6.07) is 7.08. The third-order valence-corrected chi connectivity index (χ3v) is 6.01. The molecule has 2 heterocycles. The Bertz CT molecular complexity index is 760. The number of rotatable bonds is 4. The molecule has 0 saturated carbocycles. The second kappa shape index (κ2) is 8.67. The van der Waals surface area contributed by atoms with Crippen LogP contribution in [0.15, 0.2) is 28.6 Å². The number of benzene rings is 1. The number of piperidine rings is 1. The van der Waals surface area contributed by atoms with Gasteiger partial charge in [-0.2, -0.15) is 4.99 Å². The SMILES string of the molecule is CCCc1csc(C2CCN(C(=Nc3cc(C)ccc3C)OC)CC2)n1. The summed E-state index contributed by atoms with van der Waals surface area (Å²) in [5.74, 6) is 0.570. The van der Waals surface area contributed by atoms with Crippen molar-refractivity contribution in [2.24, 2.45) is 4.99 Å². The van der Waals surface area contributed by atoms with Crippen LogP contribution in [0.25, 0.3) is 0 Å². The smallest absolute Gasteiger partial charge is 0.292 e. The lowest BCUT2D eigenvalue weighted by atomic mass is 9.98. The number of aromatic nitrogens is 1. The minimum atomic E-state index is 0.570. The summed E-state index contributed by atoms with van der Waals surface area (Å²) in [6.45, 7) is 8.32. The predicted octanol–water partition coefficient (Wildman–Crippen LogP) is 5.23. The molecular formula is C21H29N3OS. The molecule has 26 heavy (non-hydrogen) atoms. The Morgan fingerprint density at radius 3 is 2.77 bits per heavy atom. The van der Waals surface area contributed by atoms with Crippen LogP contribution in [0.5, 0.6) is 0 Å². The van der Waals surface area contributed by atoms with E-state index in [2.05, 4.69) is 49.3 Å². The molecule has 0 aliphatic carbocycles. The standard InChI is InChI=1S/C21H29N3OS/c1-5-6-18-14-26-20(22-18)17-9-11-24(12-10-17)21(25-4)23-19-13-15(2)7-8-16(19)3/h7-8,13-14,17H,5-6,9-12H2,1-4H3. The van der Waals surface area contributed by atoms with Gasteiger partial charge in [0, 0.05) is 24.4 Å². The summed E-state index contributed by atoms with van der Waals surface area (Å²) in [4.78, 5) is 11.9. The molecule has 0 spiro atoms. The van der Waals surface area contributed by atoms with E-state index in [4.69, 9.17) is 14.7 Å². The van der Waals surface area contributed by atoms with Crippen molar-refractivity contribution in [3.05, 3.63) is 45.4 Å². The lowest BCUT2D eigenvalue weighted by molar-refractivity contribution is 0.239. The second-order valence-corrected chi connectivity index (χ2v) is 7.97. The monoisotopic (exact) mass is 371 g/mol. The van der Waals surface area contributed by atoms with Gasteiger partial charge in [0.05, 0.1) is 23.5 Å². The molecule has 1 aliphatic rings. The molecule has 5 heteroatoms. The van der Waals surface area contributed by atoms with E-state index in [-0.39, 0.29) is 0 Å². The van der Waals surface area contributed by atoms with E-state index in [0.717, 1.165) is 50.5 Å². The zero-order chi connectivity index (χ0) is 18.5. The summed E-state index contributed by atoms with van der Waals surface area (Å²) in [5, 5.41) is 3.53. The third-order valence-electron chi connectivity index (χ3n) is 4.95. The maximum absolute atomic E-state index is 5.63. The van der Waals surface area contributed by atoms with Crippen LogP contribution < -0.4 is 0 Å². The summed E-state index contributed by atoms with van der Waals surface area (Å²) in [6.07, 6.45) is 4.46. The lowest BCUT2D eigenvalue weighted by Crippen LogP contribution is -2.38. The van der Waals surface area contributed by atoms with Crippen LogP contribution in [0.2, 0.25) is 0 Å². The van der Waals surface area contributed by atoms with E-state index >= 15 is 0 Å². The minimum Gasteiger partial charge on any atom is -0.468 e. The molecule has 0 bridgehead atoms. The van der Waals surface area contributed by atoms with E-state index in [1.54, 1.807) is 7.11 Å². The largest absolute Gasteiger partial charge is 0.468 e. The maximum atomic E-state index is 5.63. The fourth-order valence-electron chi connectivity index (χ4n) is 3.39. The average Bonchev–Trinajstić information content (AvgIpc) is 3.11. The molecule has 140 valence electrons. The number of aryl methyl sites for hydroxylation is 3. The van der Waals surface area contributed by atoms with Gasteiger partial charge in [-0.3, -0.25) is 0 Å². The highest BCUT2D eigenvalue weighted by Crippen LogP contribution is 2.31. The topological polar surface area (TPSA) is 37.7 Å². The van der Waals surface area contributed by atoms with Gasteiger partial charge in [0.2, 0.25) is 0 Å². The van der Waals surface area contributed by atoms with Crippen LogP contribution in [0, 0.1) is 13.8 Å². The van der Waals surface area contributed by atoms with Crippen LogP contribution >= 0.6 is 11.3 Å². The molecule has 0 amide bonds. The van der Waals surface area contributed by atoms with Gasteiger partial charge in [-0.15, -0.1) is 11.3 Å². The molecule has 0 radical (unpaired) electrons. The van der Waals surface area contributed by atoms with Gasteiger partial charge in [-0.1, -0.05) is 25.5 Å². The molecular weight excluding hydrogens is 342 g/mol. The van der Waals surface area contributed by atoms with Gasteiger partial charge in [-0.25, -0.2) is 4.98 Å². The van der Waals surface area contributed by atoms with Crippen molar-refractivity contribution in [2.45, 2.75) is 52.4 Å². The first-order valence-corrected chi connectivity index (χ1v) is 10.4. The Balaban J connectivity index is 1.67. The van der Waals surface area contributed by atoms with E-state index in [1.165, 1.54) is 21.8 Å². The van der Waals surface area contributed by atoms with Gasteiger partial charge in [0.1, 0.15) is 0 Å². The molecule has 1 aliphatic heterocycles. The molecule has 2 aromatic rings. The van der Waals surface area contributed by atoms with Crippen LogP contribution in [-0.4, -0.2) is 36.1 Å². The predicted molar refractivity (Wildman–Crippen MR) is 110 cm³/mol. The van der Waals surface area contributed by atoms with Crippen molar-refractivity contribution in [3.63, 3.8) is 0 Å². The highest BCUT2D eigenvalue weighted by atomic mass is 32.1. The number of methoxy groups -OCH3 is 1. The highest BCUT2D eigenvalue weighted by molar-refractivity contribution is 7.09. The molecule has 4 nitrogen and oxygen atoms in total. The number of thiazole rings is 1. The Labute approximate surface area is 160 Å². The summed E-state index contributed by atoms with van der Waals surface area (Å²) >= 11 is 1.83. The fourth-order valence-corrected chi connectivity index (χ4v) is 4.41. The van der Waals surface area contributed by atoms with E-state index in [1.807, 2.05) is 11.3 Å². The molecule has 0 atom stereocenters. The Morgan fingerprint density at radius 1 is 1.31 bits per heavy atom. The molecule has 3 rings (SSSR count). The molecule has 0 N–H and O–H groups in total. The quantitative estimate of drug-likeness (QED) is 0.546. The van der Waals surface area contributed by atoms with Gasteiger partial charge >= 0.3 is 0 Å². The first-order valence-electron chi connectivity index (χ1n) is 9.50. The minimum absolute atomic E-state index is 0.570. The number of amidine groups is 1. The van der Waals surface area contributed by atoms with Gasteiger partial charge in [0.25, 0.3) is 6.02 Å². The number of likely N-dealkylation sites (tertiary alicyclic amines) is 1. The van der Waals surface area contributed by atoms with Crippen LogP contribution in [0.4, 0.5) is 5.69 Å². The Kier molecular flexibility index (Phi) is 6.30. The molecule has 1 fully saturated rings. The molecule has 1 saturated heterocycles. The highest BCUT2D eigenvalue weighted by Gasteiger charge is 2.25. The molecule has 1 aromatic heterocycles. The van der Waals surface area contributed by atoms with Gasteiger partial charge in [-0.05, 0) is 50.3 Å². The van der Waals surface area contributed by atoms with Crippen molar-refractivity contribution in [1.82, 2.24) is 9.88 Å². The fraction of sp³-hybridized carbons (Fsp3) is 0.524. The van der Waals surface area contributed by atoms with Crippen molar-refractivity contribution in [3.8, 4) is 0 Å². The maximum Gasteiger partial charge on any atom is 0.292 e. The van der Waals surface area contributed by atoms with Crippen molar-refractivity contribution in [2.75, 3.05) is 20.2 Å². The molecule has 0 unspecified atom stereocenters. The number of nitrogens with zero attached hydrogens (tertiary/aromatic N) is 3. The number of ether oxygens (including phenoxy) is 1. The van der Waals surface area contributed by atoms with Crippen molar-refractivity contribution >= 4 is 23.0 Å². The van der Waals surface area contributed by atoms with Crippen LogP contribution in [-0.2, 0) is 11.2 Å². The summed E-state index contributed by atoms with van der Waals surface area (Å²) < 4.78 is 5.63. The Morgan fingerprint density at radius 2 is 2.08 bits per heavy atom. The first-order chi connectivity index (χ1) is 12.6. The molecule has 1 aromatic carbocycles. The van der Waals surface area contributed by atoms with Gasteiger partial charge < -0.3 is 9.64 Å².